The van der Waals surface area contributed by atoms with E-state index in [1.165, 1.54) is 0 Å². The van der Waals surface area contributed by atoms with Gasteiger partial charge in [-0.1, -0.05) is 6.07 Å². The van der Waals surface area contributed by atoms with E-state index in [1.54, 1.807) is 26.0 Å². The smallest absolute Gasteiger partial charge is 0.262 e. The minimum Gasteiger partial charge on any atom is -0.398 e. The summed E-state index contributed by atoms with van der Waals surface area (Å²) < 4.78 is 52.9. The van der Waals surface area contributed by atoms with E-state index in [0.717, 1.165) is 12.1 Å². The number of rotatable bonds is 3. The first-order chi connectivity index (χ1) is 9.72. The van der Waals surface area contributed by atoms with E-state index in [4.69, 9.17) is 5.73 Å². The van der Waals surface area contributed by atoms with Gasteiger partial charge in [-0.2, -0.15) is 0 Å². The number of hydrogen-bond donors (Lipinski definition) is 2. The van der Waals surface area contributed by atoms with Crippen LogP contribution in [0, 0.1) is 25.5 Å². The Hall–Kier alpha value is -2.15. The molecular formula is C14H14F2N2O2S. The number of hydrogen-bond acceptors (Lipinski definition) is 3. The summed E-state index contributed by atoms with van der Waals surface area (Å²) in [5.74, 6) is -2.33. The van der Waals surface area contributed by atoms with Crippen LogP contribution >= 0.6 is 0 Å². The van der Waals surface area contributed by atoms with Gasteiger partial charge in [-0.25, -0.2) is 17.2 Å². The standard InChI is InChI=1S/C14H14F2N2O2S/c1-8-3-6-13(17)9(2)14(8)18-21(19,20)10-4-5-11(15)12(16)7-10/h3-7,18H,17H2,1-2H3. The number of halogens is 2. The van der Waals surface area contributed by atoms with Gasteiger partial charge in [0.1, 0.15) is 0 Å². The van der Waals surface area contributed by atoms with Gasteiger partial charge in [-0.05, 0) is 49.2 Å². The van der Waals surface area contributed by atoms with Crippen molar-refractivity contribution < 1.29 is 17.2 Å². The summed E-state index contributed by atoms with van der Waals surface area (Å²) in [6.45, 7) is 3.39. The predicted octanol–water partition coefficient (Wildman–Crippen LogP) is 2.96. The maximum atomic E-state index is 13.2. The van der Waals surface area contributed by atoms with E-state index in [2.05, 4.69) is 4.72 Å². The van der Waals surface area contributed by atoms with Gasteiger partial charge >= 0.3 is 0 Å². The lowest BCUT2D eigenvalue weighted by atomic mass is 10.1. The second-order valence-electron chi connectivity index (χ2n) is 4.65. The molecule has 0 unspecified atom stereocenters. The third-order valence-electron chi connectivity index (χ3n) is 3.15. The molecule has 112 valence electrons. The fourth-order valence-electron chi connectivity index (χ4n) is 1.86. The summed E-state index contributed by atoms with van der Waals surface area (Å²) >= 11 is 0. The molecule has 0 bridgehead atoms. The van der Waals surface area contributed by atoms with E-state index < -0.39 is 21.7 Å². The van der Waals surface area contributed by atoms with Gasteiger partial charge in [0.2, 0.25) is 0 Å². The van der Waals surface area contributed by atoms with Crippen molar-refractivity contribution in [1.82, 2.24) is 0 Å². The number of aryl methyl sites for hydroxylation is 1. The molecule has 2 aromatic carbocycles. The molecule has 0 saturated heterocycles. The van der Waals surface area contributed by atoms with Gasteiger partial charge < -0.3 is 5.73 Å². The Balaban J connectivity index is 2.47. The van der Waals surface area contributed by atoms with Crippen molar-refractivity contribution in [3.63, 3.8) is 0 Å². The number of anilines is 2. The number of nitrogens with one attached hydrogen (secondary N) is 1. The second-order valence-corrected chi connectivity index (χ2v) is 6.34. The van der Waals surface area contributed by atoms with E-state index in [-0.39, 0.29) is 4.90 Å². The summed E-state index contributed by atoms with van der Waals surface area (Å²) in [6.07, 6.45) is 0. The van der Waals surface area contributed by atoms with E-state index >= 15 is 0 Å². The minimum atomic E-state index is -4.03. The Bertz CT molecular complexity index is 805. The van der Waals surface area contributed by atoms with Crippen LogP contribution in [0.1, 0.15) is 11.1 Å². The average molecular weight is 312 g/mol. The van der Waals surface area contributed by atoms with Crippen molar-refractivity contribution in [3.8, 4) is 0 Å². The zero-order chi connectivity index (χ0) is 15.8. The number of nitrogen functional groups attached to an aromatic ring is 1. The summed E-state index contributed by atoms with van der Waals surface area (Å²) in [4.78, 5) is -0.359. The average Bonchev–Trinajstić information content (AvgIpc) is 2.42. The molecule has 0 aliphatic carbocycles. The fourth-order valence-corrected chi connectivity index (χ4v) is 3.06. The lowest BCUT2D eigenvalue weighted by Gasteiger charge is -2.15. The molecule has 0 spiro atoms. The normalized spacial score (nSPS) is 11.4. The molecule has 4 nitrogen and oxygen atoms in total. The van der Waals surface area contributed by atoms with Crippen LogP contribution in [-0.4, -0.2) is 8.42 Å². The zero-order valence-corrected chi connectivity index (χ0v) is 12.3. The first-order valence-corrected chi connectivity index (χ1v) is 7.54. The van der Waals surface area contributed by atoms with Gasteiger partial charge in [0.25, 0.3) is 10.0 Å². The molecule has 0 aliphatic heterocycles. The first kappa shape index (κ1) is 15.2. The zero-order valence-electron chi connectivity index (χ0n) is 11.4. The second kappa shape index (κ2) is 5.33. The summed E-state index contributed by atoms with van der Waals surface area (Å²) in [7, 11) is -4.03. The van der Waals surface area contributed by atoms with Crippen molar-refractivity contribution in [3.05, 3.63) is 53.1 Å². The molecule has 0 atom stereocenters. The summed E-state index contributed by atoms with van der Waals surface area (Å²) in [6, 6.07) is 5.74. The van der Waals surface area contributed by atoms with Gasteiger partial charge in [0, 0.05) is 5.69 Å². The van der Waals surface area contributed by atoms with Crippen molar-refractivity contribution in [2.45, 2.75) is 18.7 Å². The monoisotopic (exact) mass is 312 g/mol. The highest BCUT2D eigenvalue weighted by molar-refractivity contribution is 7.92. The van der Waals surface area contributed by atoms with Crippen LogP contribution in [-0.2, 0) is 10.0 Å². The van der Waals surface area contributed by atoms with Crippen LogP contribution in [0.4, 0.5) is 20.2 Å². The fraction of sp³-hybridized carbons (Fsp3) is 0.143. The van der Waals surface area contributed by atoms with Crippen molar-refractivity contribution >= 4 is 21.4 Å². The molecule has 0 heterocycles. The molecule has 21 heavy (non-hydrogen) atoms. The van der Waals surface area contributed by atoms with Crippen molar-refractivity contribution in [2.24, 2.45) is 0 Å². The summed E-state index contributed by atoms with van der Waals surface area (Å²) in [5.41, 5.74) is 7.76. The molecule has 0 aliphatic rings. The van der Waals surface area contributed by atoms with E-state index in [1.807, 2.05) is 0 Å². The van der Waals surface area contributed by atoms with Crippen LogP contribution in [0.25, 0.3) is 0 Å². The first-order valence-electron chi connectivity index (χ1n) is 6.06. The Morgan fingerprint density at radius 3 is 2.33 bits per heavy atom. The SMILES string of the molecule is Cc1ccc(N)c(C)c1NS(=O)(=O)c1ccc(F)c(F)c1. The lowest BCUT2D eigenvalue weighted by Crippen LogP contribution is -2.15. The Labute approximate surface area is 121 Å². The Kier molecular flexibility index (Phi) is 3.87. The molecule has 0 aromatic heterocycles. The maximum absolute atomic E-state index is 13.2. The van der Waals surface area contributed by atoms with Crippen LogP contribution in [0.15, 0.2) is 35.2 Å². The minimum absolute atomic E-state index is 0.333. The maximum Gasteiger partial charge on any atom is 0.262 e. The molecule has 3 N–H and O–H groups in total. The van der Waals surface area contributed by atoms with Crippen LogP contribution in [0.5, 0.6) is 0 Å². The molecule has 0 amide bonds. The molecule has 0 fully saturated rings. The number of nitrogens with two attached hydrogens (primary N) is 1. The van der Waals surface area contributed by atoms with Crippen LogP contribution < -0.4 is 10.5 Å². The molecule has 0 radical (unpaired) electrons. The van der Waals surface area contributed by atoms with Gasteiger partial charge in [-0.15, -0.1) is 0 Å². The Morgan fingerprint density at radius 2 is 1.71 bits per heavy atom. The van der Waals surface area contributed by atoms with E-state index in [0.29, 0.717) is 28.6 Å². The molecule has 2 rings (SSSR count). The quantitative estimate of drug-likeness (QED) is 0.856. The molecule has 0 saturated carbocycles. The highest BCUT2D eigenvalue weighted by atomic mass is 32.2. The molecule has 2 aromatic rings. The topological polar surface area (TPSA) is 72.2 Å². The number of sulfonamides is 1. The number of benzene rings is 2. The van der Waals surface area contributed by atoms with Crippen LogP contribution in [0.3, 0.4) is 0 Å². The third kappa shape index (κ3) is 2.97. The largest absolute Gasteiger partial charge is 0.398 e. The Morgan fingerprint density at radius 1 is 1.05 bits per heavy atom. The lowest BCUT2D eigenvalue weighted by molar-refractivity contribution is 0.504. The highest BCUT2D eigenvalue weighted by Crippen LogP contribution is 2.28. The molecule has 7 heteroatoms. The van der Waals surface area contributed by atoms with Crippen molar-refractivity contribution in [1.29, 1.82) is 0 Å². The van der Waals surface area contributed by atoms with Gasteiger partial charge in [0.15, 0.2) is 11.6 Å². The van der Waals surface area contributed by atoms with Gasteiger partial charge in [0.05, 0.1) is 10.6 Å². The van der Waals surface area contributed by atoms with Crippen LogP contribution in [0.2, 0.25) is 0 Å². The predicted molar refractivity (Wildman–Crippen MR) is 77.5 cm³/mol. The van der Waals surface area contributed by atoms with Gasteiger partial charge in [-0.3, -0.25) is 4.72 Å². The highest BCUT2D eigenvalue weighted by Gasteiger charge is 2.19. The van der Waals surface area contributed by atoms with E-state index in [9.17, 15) is 17.2 Å². The molecular weight excluding hydrogens is 298 g/mol. The summed E-state index contributed by atoms with van der Waals surface area (Å²) in [5, 5.41) is 0. The van der Waals surface area contributed by atoms with Crippen molar-refractivity contribution in [2.75, 3.05) is 10.5 Å². The third-order valence-corrected chi connectivity index (χ3v) is 4.50.